The predicted octanol–water partition coefficient (Wildman–Crippen LogP) is 0.911. The molecule has 0 saturated carbocycles. The van der Waals surface area contributed by atoms with Crippen molar-refractivity contribution in [2.24, 2.45) is 0 Å². The molecule has 0 bridgehead atoms. The minimum absolute atomic E-state index is 0.0303. The number of aromatic nitrogens is 2. The van der Waals surface area contributed by atoms with Crippen LogP contribution in [0.1, 0.15) is 18.1 Å². The van der Waals surface area contributed by atoms with Gasteiger partial charge in [0.25, 0.3) is 5.56 Å². The second-order valence-electron chi connectivity index (χ2n) is 4.60. The van der Waals surface area contributed by atoms with E-state index in [1.165, 1.54) is 10.8 Å². The summed E-state index contributed by atoms with van der Waals surface area (Å²) in [5.74, 6) is -0.0765. The predicted molar refractivity (Wildman–Crippen MR) is 75.9 cm³/mol. The number of nitrogens with zero attached hydrogens (tertiary/aromatic N) is 1. The van der Waals surface area contributed by atoms with Crippen LogP contribution >= 0.6 is 0 Å². The fourth-order valence-corrected chi connectivity index (χ4v) is 1.99. The number of aromatic amines is 1. The molecule has 0 aliphatic heterocycles. The van der Waals surface area contributed by atoms with Crippen LogP contribution < -0.4 is 11.2 Å². The van der Waals surface area contributed by atoms with E-state index in [0.29, 0.717) is 12.0 Å². The summed E-state index contributed by atoms with van der Waals surface area (Å²) < 4.78 is 1.26. The fraction of sp³-hybridized carbons (Fsp3) is 0.267. The highest BCUT2D eigenvalue weighted by molar-refractivity contribution is 5.80. The van der Waals surface area contributed by atoms with E-state index in [9.17, 15) is 14.4 Å². The van der Waals surface area contributed by atoms with Crippen LogP contribution in [0.4, 0.5) is 0 Å². The number of H-pyrrole nitrogens is 1. The molecule has 0 spiro atoms. The van der Waals surface area contributed by atoms with Crippen molar-refractivity contribution in [1.82, 2.24) is 9.55 Å². The summed E-state index contributed by atoms with van der Waals surface area (Å²) in [5, 5.41) is 0. The van der Waals surface area contributed by atoms with Gasteiger partial charge in [-0.15, -0.1) is 0 Å². The Morgan fingerprint density at radius 1 is 1.20 bits per heavy atom. The van der Waals surface area contributed by atoms with E-state index in [1.54, 1.807) is 0 Å². The van der Waals surface area contributed by atoms with Gasteiger partial charge in [-0.25, -0.2) is 4.79 Å². The third-order valence-electron chi connectivity index (χ3n) is 3.06. The maximum Gasteiger partial charge on any atom is 0.328 e. The highest BCUT2D eigenvalue weighted by atomic mass is 16.2. The number of carbonyl (C=O) groups is 1. The first-order valence-corrected chi connectivity index (χ1v) is 6.48. The minimum atomic E-state index is -0.548. The maximum absolute atomic E-state index is 12.0. The first kappa shape index (κ1) is 14.0. The number of ketones is 1. The number of benzene rings is 1. The van der Waals surface area contributed by atoms with Gasteiger partial charge in [0, 0.05) is 18.2 Å². The average molecular weight is 272 g/mol. The van der Waals surface area contributed by atoms with Crippen LogP contribution in [0, 0.1) is 0 Å². The van der Waals surface area contributed by atoms with Crippen LogP contribution in [0.2, 0.25) is 0 Å². The van der Waals surface area contributed by atoms with E-state index in [4.69, 9.17) is 0 Å². The molecule has 0 unspecified atom stereocenters. The monoisotopic (exact) mass is 272 g/mol. The Morgan fingerprint density at radius 2 is 1.90 bits per heavy atom. The van der Waals surface area contributed by atoms with Crippen molar-refractivity contribution in [3.63, 3.8) is 0 Å². The molecule has 2 aromatic rings. The summed E-state index contributed by atoms with van der Waals surface area (Å²) >= 11 is 0. The van der Waals surface area contributed by atoms with Crippen LogP contribution in [-0.4, -0.2) is 15.3 Å². The van der Waals surface area contributed by atoms with E-state index >= 15 is 0 Å². The van der Waals surface area contributed by atoms with Crippen LogP contribution in [0.3, 0.4) is 0 Å². The smallest absolute Gasteiger partial charge is 0.297 e. The number of nitrogens with one attached hydrogen (secondary N) is 1. The Hall–Kier alpha value is -2.43. The van der Waals surface area contributed by atoms with Crippen molar-refractivity contribution in [2.45, 2.75) is 26.3 Å². The summed E-state index contributed by atoms with van der Waals surface area (Å²) in [6, 6.07) is 9.35. The van der Waals surface area contributed by atoms with E-state index in [-0.39, 0.29) is 24.3 Å². The van der Waals surface area contributed by atoms with E-state index in [0.717, 1.165) is 5.56 Å². The molecule has 1 N–H and O–H groups in total. The largest absolute Gasteiger partial charge is 0.328 e. The van der Waals surface area contributed by atoms with Crippen molar-refractivity contribution in [2.75, 3.05) is 0 Å². The van der Waals surface area contributed by atoms with Crippen molar-refractivity contribution >= 4 is 5.78 Å². The van der Waals surface area contributed by atoms with Gasteiger partial charge in [0.05, 0.1) is 6.54 Å². The summed E-state index contributed by atoms with van der Waals surface area (Å²) in [4.78, 5) is 37.3. The van der Waals surface area contributed by atoms with E-state index < -0.39 is 5.69 Å². The normalized spacial score (nSPS) is 10.4. The summed E-state index contributed by atoms with van der Waals surface area (Å²) in [5.41, 5.74) is 0.473. The number of rotatable bonds is 5. The molecule has 5 heteroatoms. The number of hydrogen-bond acceptors (Lipinski definition) is 3. The first-order valence-electron chi connectivity index (χ1n) is 6.48. The lowest BCUT2D eigenvalue weighted by Gasteiger charge is -2.06. The van der Waals surface area contributed by atoms with Crippen LogP contribution in [0.15, 0.2) is 46.1 Å². The molecule has 20 heavy (non-hydrogen) atoms. The summed E-state index contributed by atoms with van der Waals surface area (Å²) in [7, 11) is 0. The lowest BCUT2D eigenvalue weighted by atomic mass is 10.1. The molecule has 2 rings (SSSR count). The Labute approximate surface area is 115 Å². The Balaban J connectivity index is 2.16. The van der Waals surface area contributed by atoms with Gasteiger partial charge in [-0.3, -0.25) is 19.1 Å². The first-order chi connectivity index (χ1) is 9.60. The van der Waals surface area contributed by atoms with Gasteiger partial charge in [-0.1, -0.05) is 37.3 Å². The molecule has 0 atom stereocenters. The van der Waals surface area contributed by atoms with Crippen LogP contribution in [0.5, 0.6) is 0 Å². The molecular weight excluding hydrogens is 256 g/mol. The van der Waals surface area contributed by atoms with E-state index in [1.807, 2.05) is 37.3 Å². The molecule has 5 nitrogen and oxygen atoms in total. The Morgan fingerprint density at radius 3 is 2.55 bits per heavy atom. The fourth-order valence-electron chi connectivity index (χ4n) is 1.99. The lowest BCUT2D eigenvalue weighted by Crippen LogP contribution is -2.33. The van der Waals surface area contributed by atoms with Gasteiger partial charge in [-0.05, 0) is 12.0 Å². The molecular formula is C15H16N2O3. The molecule has 1 aromatic heterocycles. The number of hydrogen-bond donors (Lipinski definition) is 1. The lowest BCUT2D eigenvalue weighted by molar-refractivity contribution is -0.119. The molecule has 0 saturated heterocycles. The molecule has 0 aliphatic carbocycles. The maximum atomic E-state index is 12.0. The van der Waals surface area contributed by atoms with Crippen molar-refractivity contribution < 1.29 is 4.79 Å². The quantitative estimate of drug-likeness (QED) is 0.879. The summed E-state index contributed by atoms with van der Waals surface area (Å²) in [6.45, 7) is 1.79. The zero-order valence-electron chi connectivity index (χ0n) is 11.3. The standard InChI is InChI=1S/C15H16N2O3/c1-2-12-9-17(15(20)16-14(12)19)10-13(18)8-11-6-4-3-5-7-11/h3-7,9H,2,8,10H2,1H3,(H,16,19,20). The topological polar surface area (TPSA) is 71.9 Å². The third-order valence-corrected chi connectivity index (χ3v) is 3.06. The van der Waals surface area contributed by atoms with Gasteiger partial charge < -0.3 is 0 Å². The SMILES string of the molecule is CCc1cn(CC(=O)Cc2ccccc2)c(=O)[nH]c1=O. The number of Topliss-reactive ketones (excluding diaryl/α,β-unsaturated/α-hetero) is 1. The Kier molecular flexibility index (Phi) is 4.30. The average Bonchev–Trinajstić information content (AvgIpc) is 2.43. The number of carbonyl (C=O) groups excluding carboxylic acids is 1. The van der Waals surface area contributed by atoms with Gasteiger partial charge in [0.1, 0.15) is 0 Å². The van der Waals surface area contributed by atoms with Gasteiger partial charge in [0.2, 0.25) is 0 Å². The van der Waals surface area contributed by atoms with E-state index in [2.05, 4.69) is 4.98 Å². The molecule has 0 aliphatic rings. The Bertz CT molecular complexity index is 714. The second kappa shape index (κ2) is 6.14. The van der Waals surface area contributed by atoms with Crippen molar-refractivity contribution in [1.29, 1.82) is 0 Å². The van der Waals surface area contributed by atoms with Gasteiger partial charge >= 0.3 is 5.69 Å². The highest BCUT2D eigenvalue weighted by Crippen LogP contribution is 2.01. The minimum Gasteiger partial charge on any atom is -0.297 e. The molecule has 104 valence electrons. The zero-order chi connectivity index (χ0) is 14.5. The molecule has 1 aromatic carbocycles. The van der Waals surface area contributed by atoms with Crippen LogP contribution in [-0.2, 0) is 24.2 Å². The zero-order valence-corrected chi connectivity index (χ0v) is 11.3. The molecule has 0 fully saturated rings. The summed E-state index contributed by atoms with van der Waals surface area (Å²) in [6.07, 6.45) is 2.25. The van der Waals surface area contributed by atoms with Crippen LogP contribution in [0.25, 0.3) is 0 Å². The van der Waals surface area contributed by atoms with Gasteiger partial charge in [0.15, 0.2) is 5.78 Å². The van der Waals surface area contributed by atoms with Crippen molar-refractivity contribution in [3.8, 4) is 0 Å². The number of aryl methyl sites for hydroxylation is 1. The van der Waals surface area contributed by atoms with Crippen molar-refractivity contribution in [3.05, 3.63) is 68.5 Å². The highest BCUT2D eigenvalue weighted by Gasteiger charge is 2.08. The third kappa shape index (κ3) is 3.32. The van der Waals surface area contributed by atoms with Gasteiger partial charge in [-0.2, -0.15) is 0 Å². The molecule has 0 radical (unpaired) electrons. The molecule has 1 heterocycles. The molecule has 0 amide bonds. The second-order valence-corrected chi connectivity index (χ2v) is 4.60.